The van der Waals surface area contributed by atoms with Crippen molar-refractivity contribution in [1.29, 1.82) is 0 Å². The number of alkyl halides is 3. The van der Waals surface area contributed by atoms with Crippen LogP contribution >= 0.6 is 0 Å². The number of rotatable bonds is 2. The number of anilines is 1. The second-order valence-electron chi connectivity index (χ2n) is 4.42. The van der Waals surface area contributed by atoms with E-state index in [2.05, 4.69) is 0 Å². The van der Waals surface area contributed by atoms with Crippen molar-refractivity contribution in [3.63, 3.8) is 0 Å². The van der Waals surface area contributed by atoms with Gasteiger partial charge in [-0.3, -0.25) is 4.79 Å². The first-order valence-electron chi connectivity index (χ1n) is 5.61. The maximum Gasteiger partial charge on any atom is 0.416 e. The summed E-state index contributed by atoms with van der Waals surface area (Å²) in [6.07, 6.45) is -4.95. The molecule has 20 heavy (non-hydrogen) atoms. The van der Waals surface area contributed by atoms with Crippen molar-refractivity contribution in [2.45, 2.75) is 18.2 Å². The number of hydrogen-bond donors (Lipinski definition) is 2. The molecule has 5 nitrogen and oxygen atoms in total. The highest BCUT2D eigenvalue weighted by atomic mass is 19.4. The fourth-order valence-corrected chi connectivity index (χ4v) is 2.00. The predicted molar refractivity (Wildman–Crippen MR) is 61.0 cm³/mol. The summed E-state index contributed by atoms with van der Waals surface area (Å²) in [6, 6.07) is 3.95. The van der Waals surface area contributed by atoms with E-state index in [4.69, 9.17) is 5.11 Å². The Labute approximate surface area is 111 Å². The van der Waals surface area contributed by atoms with Crippen molar-refractivity contribution in [2.24, 2.45) is 0 Å². The first-order chi connectivity index (χ1) is 9.16. The quantitative estimate of drug-likeness (QED) is 0.803. The second-order valence-corrected chi connectivity index (χ2v) is 4.42. The van der Waals surface area contributed by atoms with Gasteiger partial charge in [-0.1, -0.05) is 6.07 Å². The monoisotopic (exact) mass is 289 g/mol. The molecule has 108 valence electrons. The van der Waals surface area contributed by atoms with E-state index < -0.39 is 29.2 Å². The van der Waals surface area contributed by atoms with E-state index >= 15 is 0 Å². The first-order valence-corrected chi connectivity index (χ1v) is 5.61. The van der Waals surface area contributed by atoms with Crippen molar-refractivity contribution >= 4 is 17.6 Å². The van der Waals surface area contributed by atoms with Crippen molar-refractivity contribution in [1.82, 2.24) is 0 Å². The largest absolute Gasteiger partial charge is 0.479 e. The minimum atomic E-state index is -4.57. The summed E-state index contributed by atoms with van der Waals surface area (Å²) < 4.78 is 37.8. The summed E-state index contributed by atoms with van der Waals surface area (Å²) in [6.45, 7) is -0.164. The van der Waals surface area contributed by atoms with Crippen molar-refractivity contribution in [3.8, 4) is 0 Å². The fourth-order valence-electron chi connectivity index (χ4n) is 2.00. The average Bonchev–Trinajstić information content (AvgIpc) is 2.67. The molecule has 1 aliphatic rings. The van der Waals surface area contributed by atoms with Crippen molar-refractivity contribution in [2.75, 3.05) is 11.4 Å². The van der Waals surface area contributed by atoms with Gasteiger partial charge in [0.1, 0.15) is 0 Å². The highest BCUT2D eigenvalue weighted by Crippen LogP contribution is 2.34. The topological polar surface area (TPSA) is 77.8 Å². The number of halogens is 3. The predicted octanol–water partition coefficient (Wildman–Crippen LogP) is 1.26. The Hall–Kier alpha value is -2.09. The lowest BCUT2D eigenvalue weighted by Gasteiger charge is -2.20. The highest BCUT2D eigenvalue weighted by Gasteiger charge is 2.52. The normalized spacial score (nSPS) is 23.2. The van der Waals surface area contributed by atoms with E-state index in [0.29, 0.717) is 0 Å². The van der Waals surface area contributed by atoms with E-state index in [1.54, 1.807) is 0 Å². The van der Waals surface area contributed by atoms with Gasteiger partial charge < -0.3 is 15.1 Å². The standard InChI is InChI=1S/C12H10F3NO4/c13-12(14,15)7-2-1-3-8(6-7)16-5-4-11(20,9(16)17)10(18)19/h1-3,6,20H,4-5H2,(H,18,19)/t11-/m0/s1. The Kier molecular flexibility index (Phi) is 3.21. The zero-order valence-electron chi connectivity index (χ0n) is 10.0. The van der Waals surface area contributed by atoms with Crippen LogP contribution in [0.25, 0.3) is 0 Å². The minimum absolute atomic E-state index is 0.0954. The van der Waals surface area contributed by atoms with Crippen LogP contribution in [0.15, 0.2) is 24.3 Å². The van der Waals surface area contributed by atoms with Crippen LogP contribution in [-0.2, 0) is 15.8 Å². The summed E-state index contributed by atoms with van der Waals surface area (Å²) in [7, 11) is 0. The number of amides is 1. The van der Waals surface area contributed by atoms with Crippen LogP contribution in [0.2, 0.25) is 0 Å². The second kappa shape index (κ2) is 4.48. The Morgan fingerprint density at radius 2 is 2.00 bits per heavy atom. The molecule has 0 aliphatic carbocycles. The molecule has 2 rings (SSSR count). The van der Waals surface area contributed by atoms with Gasteiger partial charge in [0.15, 0.2) is 0 Å². The summed E-state index contributed by atoms with van der Waals surface area (Å²) >= 11 is 0. The lowest BCUT2D eigenvalue weighted by Crippen LogP contribution is -2.46. The molecule has 1 amide bonds. The maximum absolute atomic E-state index is 12.6. The molecule has 2 N–H and O–H groups in total. The van der Waals surface area contributed by atoms with Crippen LogP contribution in [0, 0.1) is 0 Å². The molecule has 8 heteroatoms. The number of carbonyl (C=O) groups is 2. The fraction of sp³-hybridized carbons (Fsp3) is 0.333. The number of aliphatic hydroxyl groups is 1. The number of benzene rings is 1. The Morgan fingerprint density at radius 1 is 1.35 bits per heavy atom. The highest BCUT2D eigenvalue weighted by molar-refractivity contribution is 6.14. The van der Waals surface area contributed by atoms with Crippen molar-refractivity contribution in [3.05, 3.63) is 29.8 Å². The zero-order valence-corrected chi connectivity index (χ0v) is 10.0. The lowest BCUT2D eigenvalue weighted by atomic mass is 10.0. The minimum Gasteiger partial charge on any atom is -0.479 e. The van der Waals surface area contributed by atoms with E-state index in [-0.39, 0.29) is 18.7 Å². The number of aliphatic carboxylic acids is 1. The molecule has 1 atom stereocenters. The van der Waals surface area contributed by atoms with E-state index in [1.165, 1.54) is 6.07 Å². The number of carboxylic acid groups (broad SMARTS) is 1. The number of nitrogens with zero attached hydrogens (tertiary/aromatic N) is 1. The van der Waals surface area contributed by atoms with Gasteiger partial charge in [0.2, 0.25) is 5.60 Å². The first kappa shape index (κ1) is 14.3. The molecule has 1 heterocycles. The van der Waals surface area contributed by atoms with Gasteiger partial charge in [-0.05, 0) is 18.2 Å². The molecule has 1 fully saturated rings. The van der Waals surface area contributed by atoms with Gasteiger partial charge in [0.25, 0.3) is 5.91 Å². The third kappa shape index (κ3) is 2.22. The molecule has 1 aromatic carbocycles. The van der Waals surface area contributed by atoms with Gasteiger partial charge in [-0.15, -0.1) is 0 Å². The van der Waals surface area contributed by atoms with Crippen molar-refractivity contribution < 1.29 is 33.0 Å². The summed E-state index contributed by atoms with van der Waals surface area (Å²) in [5.41, 5.74) is -3.62. The molecule has 0 bridgehead atoms. The summed E-state index contributed by atoms with van der Waals surface area (Å²) in [5, 5.41) is 18.5. The Morgan fingerprint density at radius 3 is 2.50 bits per heavy atom. The van der Waals surface area contributed by atoms with E-state index in [0.717, 1.165) is 23.1 Å². The van der Waals surface area contributed by atoms with Crippen LogP contribution in [0.1, 0.15) is 12.0 Å². The van der Waals surface area contributed by atoms with Crippen LogP contribution < -0.4 is 4.90 Å². The van der Waals surface area contributed by atoms with Crippen LogP contribution in [0.5, 0.6) is 0 Å². The zero-order chi connectivity index (χ0) is 15.1. The van der Waals surface area contributed by atoms with Gasteiger partial charge in [-0.25, -0.2) is 4.79 Å². The number of hydrogen-bond acceptors (Lipinski definition) is 3. The van der Waals surface area contributed by atoms with E-state index in [1.807, 2.05) is 0 Å². The molecule has 0 unspecified atom stereocenters. The number of carbonyl (C=O) groups excluding carboxylic acids is 1. The van der Waals surface area contributed by atoms with Gasteiger partial charge in [0.05, 0.1) is 5.56 Å². The smallest absolute Gasteiger partial charge is 0.416 e. The molecule has 1 aliphatic heterocycles. The van der Waals surface area contributed by atoms with Crippen LogP contribution in [0.4, 0.5) is 18.9 Å². The molecule has 0 saturated carbocycles. The van der Waals surface area contributed by atoms with Crippen LogP contribution in [0.3, 0.4) is 0 Å². The third-order valence-corrected chi connectivity index (χ3v) is 3.14. The van der Waals surface area contributed by atoms with Gasteiger partial charge >= 0.3 is 12.1 Å². The SMILES string of the molecule is O=C(O)[C@]1(O)CCN(c2cccc(C(F)(F)F)c2)C1=O. The molecule has 0 radical (unpaired) electrons. The lowest BCUT2D eigenvalue weighted by molar-refractivity contribution is -0.162. The third-order valence-electron chi connectivity index (χ3n) is 3.14. The molecule has 0 spiro atoms. The van der Waals surface area contributed by atoms with Gasteiger partial charge in [0, 0.05) is 18.7 Å². The summed E-state index contributed by atoms with van der Waals surface area (Å²) in [4.78, 5) is 23.5. The molecule has 0 aromatic heterocycles. The summed E-state index contributed by atoms with van der Waals surface area (Å²) in [5.74, 6) is -2.85. The Balaban J connectivity index is 2.35. The molecular formula is C12H10F3NO4. The molecular weight excluding hydrogens is 279 g/mol. The number of carboxylic acids is 1. The molecule has 1 saturated heterocycles. The average molecular weight is 289 g/mol. The van der Waals surface area contributed by atoms with Crippen LogP contribution in [-0.4, -0.2) is 34.2 Å². The van der Waals surface area contributed by atoms with E-state index in [9.17, 15) is 27.9 Å². The maximum atomic E-state index is 12.6. The molecule has 1 aromatic rings. The Bertz CT molecular complexity index is 572. The van der Waals surface area contributed by atoms with Gasteiger partial charge in [-0.2, -0.15) is 13.2 Å².